The number of allylic oxidation sites excluding steroid dienone is 1. The molecule has 0 saturated carbocycles. The highest BCUT2D eigenvalue weighted by atomic mass is 16.4. The number of aliphatic carboxylic acids is 1. The van der Waals surface area contributed by atoms with Gasteiger partial charge in [0, 0.05) is 5.57 Å². The van der Waals surface area contributed by atoms with Crippen molar-refractivity contribution in [3.63, 3.8) is 0 Å². The molecule has 0 aromatic heterocycles. The summed E-state index contributed by atoms with van der Waals surface area (Å²) in [4.78, 5) is 10.5. The third-order valence-corrected chi connectivity index (χ3v) is 3.13. The molecular weight excluding hydrogens is 200 g/mol. The van der Waals surface area contributed by atoms with Crippen LogP contribution in [0.5, 0.6) is 0 Å². The van der Waals surface area contributed by atoms with Crippen molar-refractivity contribution in [1.82, 2.24) is 0 Å². The highest BCUT2D eigenvalue weighted by Gasteiger charge is 2.04. The van der Waals surface area contributed by atoms with Crippen molar-refractivity contribution in [2.24, 2.45) is 5.92 Å². The predicted octanol–water partition coefficient (Wildman–Crippen LogP) is 4.40. The first kappa shape index (κ1) is 15.2. The Morgan fingerprint density at radius 1 is 1.25 bits per heavy atom. The molecule has 0 bridgehead atoms. The van der Waals surface area contributed by atoms with Gasteiger partial charge in [-0.2, -0.15) is 0 Å². The fourth-order valence-electron chi connectivity index (χ4n) is 1.94. The molecule has 0 aliphatic carbocycles. The Labute approximate surface area is 99.7 Å². The number of carboxylic acid groups (broad SMARTS) is 1. The zero-order chi connectivity index (χ0) is 12.4. The van der Waals surface area contributed by atoms with E-state index in [0.29, 0.717) is 5.57 Å². The van der Waals surface area contributed by atoms with Gasteiger partial charge in [0.2, 0.25) is 0 Å². The van der Waals surface area contributed by atoms with E-state index < -0.39 is 5.97 Å². The summed E-state index contributed by atoms with van der Waals surface area (Å²) in [5, 5.41) is 8.67. The average molecular weight is 226 g/mol. The summed E-state index contributed by atoms with van der Waals surface area (Å²) in [6.45, 7) is 6.16. The second kappa shape index (κ2) is 9.44. The van der Waals surface area contributed by atoms with Crippen LogP contribution >= 0.6 is 0 Å². The van der Waals surface area contributed by atoms with Gasteiger partial charge in [0.05, 0.1) is 0 Å². The van der Waals surface area contributed by atoms with Crippen molar-refractivity contribution in [2.75, 3.05) is 0 Å². The molecule has 0 aliphatic heterocycles. The molecule has 0 aromatic rings. The minimum absolute atomic E-state index is 0.473. The van der Waals surface area contributed by atoms with Crippen LogP contribution in [0.1, 0.15) is 65.7 Å². The Bertz CT molecular complexity index is 219. The number of rotatable bonds is 9. The largest absolute Gasteiger partial charge is 0.478 e. The molecule has 1 N–H and O–H groups in total. The predicted molar refractivity (Wildman–Crippen MR) is 68.5 cm³/mol. The van der Waals surface area contributed by atoms with E-state index in [2.05, 4.69) is 13.8 Å². The van der Waals surface area contributed by atoms with Crippen LogP contribution in [-0.2, 0) is 4.79 Å². The first-order valence-corrected chi connectivity index (χ1v) is 6.51. The molecule has 0 aliphatic rings. The van der Waals surface area contributed by atoms with Crippen molar-refractivity contribution >= 4 is 5.97 Å². The van der Waals surface area contributed by atoms with Crippen LogP contribution in [0.2, 0.25) is 0 Å². The maximum Gasteiger partial charge on any atom is 0.330 e. The third kappa shape index (κ3) is 7.49. The van der Waals surface area contributed by atoms with Crippen molar-refractivity contribution in [3.8, 4) is 0 Å². The average Bonchev–Trinajstić information content (AvgIpc) is 2.26. The normalized spacial score (nSPS) is 13.8. The molecule has 0 rings (SSSR count). The molecule has 0 saturated heterocycles. The maximum absolute atomic E-state index is 10.5. The van der Waals surface area contributed by atoms with Gasteiger partial charge in [0.25, 0.3) is 0 Å². The molecule has 0 fully saturated rings. The van der Waals surface area contributed by atoms with Crippen molar-refractivity contribution in [2.45, 2.75) is 65.7 Å². The molecule has 2 heteroatoms. The molecule has 0 spiro atoms. The van der Waals surface area contributed by atoms with E-state index in [1.165, 1.54) is 32.1 Å². The smallest absolute Gasteiger partial charge is 0.330 e. The van der Waals surface area contributed by atoms with E-state index in [-0.39, 0.29) is 0 Å². The van der Waals surface area contributed by atoms with Crippen LogP contribution in [0.15, 0.2) is 11.6 Å². The van der Waals surface area contributed by atoms with E-state index in [1.807, 2.05) is 6.08 Å². The molecule has 0 aromatic carbocycles. The summed E-state index contributed by atoms with van der Waals surface area (Å²) in [6, 6.07) is 0. The Morgan fingerprint density at radius 2 is 1.94 bits per heavy atom. The summed E-state index contributed by atoms with van der Waals surface area (Å²) in [6.07, 6.45) is 10.3. The highest BCUT2D eigenvalue weighted by Crippen LogP contribution is 2.18. The van der Waals surface area contributed by atoms with Gasteiger partial charge in [-0.15, -0.1) is 0 Å². The number of unbranched alkanes of at least 4 members (excludes halogenated alkanes) is 2. The molecule has 16 heavy (non-hydrogen) atoms. The van der Waals surface area contributed by atoms with Gasteiger partial charge in [-0.25, -0.2) is 4.79 Å². The van der Waals surface area contributed by atoms with Gasteiger partial charge >= 0.3 is 5.97 Å². The van der Waals surface area contributed by atoms with Crippen LogP contribution < -0.4 is 0 Å². The second-order valence-corrected chi connectivity index (χ2v) is 4.54. The Morgan fingerprint density at radius 3 is 2.44 bits per heavy atom. The molecule has 0 amide bonds. The molecule has 1 unspecified atom stereocenters. The zero-order valence-corrected chi connectivity index (χ0v) is 11.0. The lowest BCUT2D eigenvalue weighted by Crippen LogP contribution is -1.98. The highest BCUT2D eigenvalue weighted by molar-refractivity contribution is 5.85. The maximum atomic E-state index is 10.5. The van der Waals surface area contributed by atoms with Crippen LogP contribution in [0.25, 0.3) is 0 Å². The SMILES string of the molecule is CCCC(CC)CCCCC=C(C)C(=O)O. The number of carboxylic acids is 1. The van der Waals surface area contributed by atoms with E-state index in [0.717, 1.165) is 18.8 Å². The Balaban J connectivity index is 3.59. The summed E-state index contributed by atoms with van der Waals surface area (Å²) >= 11 is 0. The van der Waals surface area contributed by atoms with Crippen molar-refractivity contribution < 1.29 is 9.90 Å². The molecule has 1 atom stereocenters. The van der Waals surface area contributed by atoms with Crippen LogP contribution in [0.4, 0.5) is 0 Å². The minimum Gasteiger partial charge on any atom is -0.478 e. The van der Waals surface area contributed by atoms with E-state index in [4.69, 9.17) is 5.11 Å². The van der Waals surface area contributed by atoms with E-state index in [1.54, 1.807) is 6.92 Å². The number of hydrogen-bond acceptors (Lipinski definition) is 1. The molecule has 2 nitrogen and oxygen atoms in total. The molecular formula is C14H26O2. The number of hydrogen-bond donors (Lipinski definition) is 1. The standard InChI is InChI=1S/C14H26O2/c1-4-9-13(5-2)11-8-6-7-10-12(3)14(15)16/h10,13H,4-9,11H2,1-3H3,(H,15,16). The Hall–Kier alpha value is -0.790. The van der Waals surface area contributed by atoms with Gasteiger partial charge in [-0.05, 0) is 25.7 Å². The molecule has 0 heterocycles. The molecule has 94 valence electrons. The lowest BCUT2D eigenvalue weighted by Gasteiger charge is -2.12. The van der Waals surface area contributed by atoms with E-state index in [9.17, 15) is 4.79 Å². The first-order valence-electron chi connectivity index (χ1n) is 6.51. The number of carbonyl (C=O) groups is 1. The van der Waals surface area contributed by atoms with Gasteiger partial charge < -0.3 is 5.11 Å². The van der Waals surface area contributed by atoms with Crippen LogP contribution in [0.3, 0.4) is 0 Å². The Kier molecular flexibility index (Phi) is 8.97. The van der Waals surface area contributed by atoms with Gasteiger partial charge in [0.15, 0.2) is 0 Å². The fourth-order valence-corrected chi connectivity index (χ4v) is 1.94. The topological polar surface area (TPSA) is 37.3 Å². The minimum atomic E-state index is -0.794. The van der Waals surface area contributed by atoms with Crippen molar-refractivity contribution in [1.29, 1.82) is 0 Å². The summed E-state index contributed by atoms with van der Waals surface area (Å²) < 4.78 is 0. The molecule has 0 radical (unpaired) electrons. The first-order chi connectivity index (χ1) is 7.61. The lowest BCUT2D eigenvalue weighted by molar-refractivity contribution is -0.132. The monoisotopic (exact) mass is 226 g/mol. The van der Waals surface area contributed by atoms with Gasteiger partial charge in [-0.3, -0.25) is 0 Å². The summed E-state index contributed by atoms with van der Waals surface area (Å²) in [5.74, 6) is 0.0759. The van der Waals surface area contributed by atoms with Gasteiger partial charge in [0.1, 0.15) is 0 Å². The fraction of sp³-hybridized carbons (Fsp3) is 0.786. The summed E-state index contributed by atoms with van der Waals surface area (Å²) in [7, 11) is 0. The zero-order valence-electron chi connectivity index (χ0n) is 11.0. The van der Waals surface area contributed by atoms with E-state index >= 15 is 0 Å². The van der Waals surface area contributed by atoms with Gasteiger partial charge in [-0.1, -0.05) is 52.0 Å². The third-order valence-electron chi connectivity index (χ3n) is 3.13. The quantitative estimate of drug-likeness (QED) is 0.467. The van der Waals surface area contributed by atoms with Crippen LogP contribution in [-0.4, -0.2) is 11.1 Å². The van der Waals surface area contributed by atoms with Crippen LogP contribution in [0, 0.1) is 5.92 Å². The lowest BCUT2D eigenvalue weighted by atomic mass is 9.94. The van der Waals surface area contributed by atoms with Crippen molar-refractivity contribution in [3.05, 3.63) is 11.6 Å². The second-order valence-electron chi connectivity index (χ2n) is 4.54. The summed E-state index contributed by atoms with van der Waals surface area (Å²) in [5.41, 5.74) is 0.473.